The maximum Gasteiger partial charge on any atom is 0.346 e. The van der Waals surface area contributed by atoms with Crippen LogP contribution in [0.4, 0.5) is 8.78 Å². The van der Waals surface area contributed by atoms with E-state index < -0.39 is 22.9 Å². The fraction of sp³-hybridized carbons (Fsp3) is 0.643. The molecule has 0 spiro atoms. The maximum absolute atomic E-state index is 13.8. The Hall–Kier alpha value is -1.44. The summed E-state index contributed by atoms with van der Waals surface area (Å²) in [5.41, 5.74) is -0.756. The molecule has 1 N–H and O–H groups in total. The summed E-state index contributed by atoms with van der Waals surface area (Å²) < 4.78 is 27.6. The molecule has 3 rings (SSSR count). The van der Waals surface area contributed by atoms with Crippen LogP contribution in [0, 0.1) is 18.3 Å². The Balaban J connectivity index is 1.89. The van der Waals surface area contributed by atoms with Crippen molar-refractivity contribution in [3.63, 3.8) is 0 Å². The van der Waals surface area contributed by atoms with Gasteiger partial charge in [-0.3, -0.25) is 4.79 Å². The van der Waals surface area contributed by atoms with E-state index >= 15 is 0 Å². The van der Waals surface area contributed by atoms with E-state index in [-0.39, 0.29) is 12.5 Å². The molecule has 1 aliphatic carbocycles. The van der Waals surface area contributed by atoms with Crippen molar-refractivity contribution in [2.75, 3.05) is 19.3 Å². The molecule has 1 aromatic heterocycles. The lowest BCUT2D eigenvalue weighted by molar-refractivity contribution is 0.0635. The van der Waals surface area contributed by atoms with Gasteiger partial charge in [-0.1, -0.05) is 6.92 Å². The number of halogens is 2. The molecule has 1 saturated heterocycles. The standard InChI is InChI=1S/C14H17F2N3O2S/c1-7-9(10(22-3)18-12(21)17-7)11(20)19-5-4-13(2)8(6-19)14(13,15)16/h8H,4-6H2,1-3H3,(H,17,18,21). The van der Waals surface area contributed by atoms with Crippen molar-refractivity contribution in [3.05, 3.63) is 21.7 Å². The SMILES string of the molecule is CSc1nc(=O)[nH]c(C)c1C(=O)N1CCC2(C)C(C1)C2(F)F. The number of carbonyl (C=O) groups excluding carboxylic acids is 1. The number of aromatic amines is 1. The Labute approximate surface area is 130 Å². The molecule has 2 aliphatic rings. The highest BCUT2D eigenvalue weighted by atomic mass is 32.2. The molecule has 0 radical (unpaired) electrons. The minimum atomic E-state index is -2.69. The zero-order valence-corrected chi connectivity index (χ0v) is 13.4. The number of hydrogen-bond donors (Lipinski definition) is 1. The molecule has 2 atom stereocenters. The first kappa shape index (κ1) is 15.5. The van der Waals surface area contributed by atoms with Gasteiger partial charge in [-0.15, -0.1) is 11.8 Å². The second kappa shape index (κ2) is 4.78. The van der Waals surface area contributed by atoms with E-state index in [1.165, 1.54) is 16.7 Å². The normalized spacial score (nSPS) is 29.1. The first-order valence-electron chi connectivity index (χ1n) is 7.04. The quantitative estimate of drug-likeness (QED) is 0.665. The van der Waals surface area contributed by atoms with Crippen LogP contribution in [-0.2, 0) is 0 Å². The highest BCUT2D eigenvalue weighted by Crippen LogP contribution is 2.69. The summed E-state index contributed by atoms with van der Waals surface area (Å²) in [6.45, 7) is 3.55. The zero-order valence-electron chi connectivity index (χ0n) is 12.6. The van der Waals surface area contributed by atoms with Gasteiger partial charge in [0.05, 0.1) is 11.5 Å². The highest BCUT2D eigenvalue weighted by Gasteiger charge is 2.78. The van der Waals surface area contributed by atoms with Gasteiger partial charge in [0, 0.05) is 24.2 Å². The number of rotatable bonds is 2. The van der Waals surface area contributed by atoms with E-state index in [1.807, 2.05) is 0 Å². The summed E-state index contributed by atoms with van der Waals surface area (Å²) in [6.07, 6.45) is 2.02. The summed E-state index contributed by atoms with van der Waals surface area (Å²) >= 11 is 1.20. The lowest BCUT2D eigenvalue weighted by Gasteiger charge is -2.29. The largest absolute Gasteiger partial charge is 0.346 e. The van der Waals surface area contributed by atoms with Crippen LogP contribution in [0.3, 0.4) is 0 Å². The molecule has 120 valence electrons. The third-order valence-electron chi connectivity index (χ3n) is 4.97. The van der Waals surface area contributed by atoms with Crippen LogP contribution in [0.25, 0.3) is 0 Å². The van der Waals surface area contributed by atoms with E-state index in [2.05, 4.69) is 9.97 Å². The molecule has 1 saturated carbocycles. The van der Waals surface area contributed by atoms with Crippen molar-refractivity contribution >= 4 is 17.7 Å². The number of piperidine rings is 1. The molecule has 0 bridgehead atoms. The molecule has 2 fully saturated rings. The zero-order chi connectivity index (χ0) is 16.3. The number of H-pyrrole nitrogens is 1. The van der Waals surface area contributed by atoms with Crippen LogP contribution in [0.5, 0.6) is 0 Å². The number of nitrogens with zero attached hydrogens (tertiary/aromatic N) is 2. The second-order valence-corrected chi connectivity index (χ2v) is 6.94. The Bertz CT molecular complexity index is 706. The minimum Gasteiger partial charge on any atom is -0.338 e. The minimum absolute atomic E-state index is 0.0503. The summed E-state index contributed by atoms with van der Waals surface area (Å²) in [4.78, 5) is 31.9. The number of amides is 1. The lowest BCUT2D eigenvalue weighted by atomic mass is 9.97. The van der Waals surface area contributed by atoms with E-state index in [4.69, 9.17) is 0 Å². The van der Waals surface area contributed by atoms with Gasteiger partial charge in [0.1, 0.15) is 5.03 Å². The highest BCUT2D eigenvalue weighted by molar-refractivity contribution is 7.98. The van der Waals surface area contributed by atoms with Crippen LogP contribution in [0.1, 0.15) is 29.4 Å². The van der Waals surface area contributed by atoms with Crippen molar-refractivity contribution in [2.45, 2.75) is 31.2 Å². The number of aromatic nitrogens is 2. The third-order valence-corrected chi connectivity index (χ3v) is 5.65. The van der Waals surface area contributed by atoms with Crippen LogP contribution in [-0.4, -0.2) is 46.0 Å². The third kappa shape index (κ3) is 2.00. The van der Waals surface area contributed by atoms with Gasteiger partial charge in [-0.2, -0.15) is 4.98 Å². The van der Waals surface area contributed by atoms with Crippen LogP contribution in [0.2, 0.25) is 0 Å². The van der Waals surface area contributed by atoms with Gasteiger partial charge in [-0.05, 0) is 19.6 Å². The predicted octanol–water partition coefficient (Wildman–Crippen LogP) is 1.92. The van der Waals surface area contributed by atoms with Crippen LogP contribution in [0.15, 0.2) is 9.82 Å². The van der Waals surface area contributed by atoms with Crippen molar-refractivity contribution < 1.29 is 13.6 Å². The Kier molecular flexibility index (Phi) is 3.36. The van der Waals surface area contributed by atoms with E-state index in [0.29, 0.717) is 29.2 Å². The maximum atomic E-state index is 13.8. The number of hydrogen-bond acceptors (Lipinski definition) is 4. The number of nitrogens with one attached hydrogen (secondary N) is 1. The fourth-order valence-corrected chi connectivity index (χ4v) is 3.93. The Morgan fingerprint density at radius 3 is 2.77 bits per heavy atom. The number of aryl methyl sites for hydroxylation is 1. The van der Waals surface area contributed by atoms with Gasteiger partial charge < -0.3 is 9.88 Å². The van der Waals surface area contributed by atoms with Crippen LogP contribution < -0.4 is 5.69 Å². The topological polar surface area (TPSA) is 66.1 Å². The van der Waals surface area contributed by atoms with Crippen molar-refractivity contribution in [3.8, 4) is 0 Å². The second-order valence-electron chi connectivity index (χ2n) is 6.15. The van der Waals surface area contributed by atoms with Crippen molar-refractivity contribution in [2.24, 2.45) is 11.3 Å². The molecule has 8 heteroatoms. The average molecular weight is 329 g/mol. The molecule has 2 heterocycles. The molecule has 1 aromatic rings. The summed E-state index contributed by atoms with van der Waals surface area (Å²) in [5, 5.41) is 0.335. The number of likely N-dealkylation sites (tertiary alicyclic amines) is 1. The van der Waals surface area contributed by atoms with Crippen molar-refractivity contribution in [1.82, 2.24) is 14.9 Å². The van der Waals surface area contributed by atoms with Gasteiger partial charge in [0.2, 0.25) is 0 Å². The molecule has 2 unspecified atom stereocenters. The molecule has 1 aliphatic heterocycles. The molecule has 5 nitrogen and oxygen atoms in total. The fourth-order valence-electron chi connectivity index (χ4n) is 3.31. The Morgan fingerprint density at radius 2 is 2.18 bits per heavy atom. The molecular weight excluding hydrogens is 312 g/mol. The number of fused-ring (bicyclic) bond motifs is 1. The molecular formula is C14H17F2N3O2S. The lowest BCUT2D eigenvalue weighted by Crippen LogP contribution is -2.40. The van der Waals surface area contributed by atoms with Gasteiger partial charge in [0.25, 0.3) is 11.8 Å². The molecule has 1 amide bonds. The molecule has 22 heavy (non-hydrogen) atoms. The van der Waals surface area contributed by atoms with Crippen molar-refractivity contribution in [1.29, 1.82) is 0 Å². The van der Waals surface area contributed by atoms with Gasteiger partial charge in [0.15, 0.2) is 0 Å². The molecule has 0 aromatic carbocycles. The first-order valence-corrected chi connectivity index (χ1v) is 8.27. The summed E-state index contributed by atoms with van der Waals surface area (Å²) in [6, 6.07) is 0. The van der Waals surface area contributed by atoms with E-state index in [9.17, 15) is 18.4 Å². The summed E-state index contributed by atoms with van der Waals surface area (Å²) in [5.74, 6) is -3.80. The smallest absolute Gasteiger partial charge is 0.338 e. The van der Waals surface area contributed by atoms with E-state index in [1.54, 1.807) is 20.1 Å². The monoisotopic (exact) mass is 329 g/mol. The van der Waals surface area contributed by atoms with E-state index in [0.717, 1.165) is 0 Å². The number of thioether (sulfide) groups is 1. The van der Waals surface area contributed by atoms with Crippen LogP contribution >= 0.6 is 11.8 Å². The Morgan fingerprint density at radius 1 is 1.50 bits per heavy atom. The summed E-state index contributed by atoms with van der Waals surface area (Å²) in [7, 11) is 0. The predicted molar refractivity (Wildman–Crippen MR) is 78.4 cm³/mol. The average Bonchev–Trinajstić information content (AvgIpc) is 2.90. The van der Waals surface area contributed by atoms with Gasteiger partial charge >= 0.3 is 5.69 Å². The first-order chi connectivity index (χ1) is 10.2. The van der Waals surface area contributed by atoms with Gasteiger partial charge in [-0.25, -0.2) is 13.6 Å². The number of carbonyl (C=O) groups is 1. The number of alkyl halides is 2.